The second-order valence-corrected chi connectivity index (χ2v) is 11.8. The number of hydrogen-bond donors (Lipinski definition) is 1. The van der Waals surface area contributed by atoms with Crippen molar-refractivity contribution in [3.63, 3.8) is 0 Å². The fraction of sp³-hybridized carbons (Fsp3) is 0.370. The van der Waals surface area contributed by atoms with Crippen molar-refractivity contribution >= 4 is 33.0 Å². The lowest BCUT2D eigenvalue weighted by Gasteiger charge is -2.24. The zero-order valence-corrected chi connectivity index (χ0v) is 23.9. The molecule has 1 atom stereocenters. The molecule has 1 aliphatic heterocycles. The van der Waals surface area contributed by atoms with Crippen LogP contribution in [0.1, 0.15) is 31.2 Å². The Morgan fingerprint density at radius 2 is 2.02 bits per heavy atom. The fourth-order valence-corrected chi connectivity index (χ4v) is 5.38. The first-order chi connectivity index (χ1) is 19.0. The summed E-state index contributed by atoms with van der Waals surface area (Å²) in [5, 5.41) is 12.3. The van der Waals surface area contributed by atoms with Gasteiger partial charge in [0.15, 0.2) is 33.5 Å². The van der Waals surface area contributed by atoms with E-state index in [1.165, 1.54) is 12.1 Å². The summed E-state index contributed by atoms with van der Waals surface area (Å²) in [6.45, 7) is 2.67. The minimum absolute atomic E-state index is 0.101. The molecule has 1 fully saturated rings. The Morgan fingerprint density at radius 1 is 1.23 bits per heavy atom. The van der Waals surface area contributed by atoms with Crippen molar-refractivity contribution in [3.8, 4) is 16.9 Å². The van der Waals surface area contributed by atoms with Crippen molar-refractivity contribution in [1.29, 1.82) is 0 Å². The van der Waals surface area contributed by atoms with E-state index in [0.29, 0.717) is 35.4 Å². The van der Waals surface area contributed by atoms with Crippen molar-refractivity contribution in [1.82, 2.24) is 24.5 Å². The number of anilines is 4. The number of halogens is 1. The van der Waals surface area contributed by atoms with Crippen LogP contribution in [-0.4, -0.2) is 60.0 Å². The van der Waals surface area contributed by atoms with Crippen molar-refractivity contribution in [2.24, 2.45) is 7.05 Å². The van der Waals surface area contributed by atoms with Crippen molar-refractivity contribution in [2.75, 3.05) is 37.2 Å². The van der Waals surface area contributed by atoms with E-state index >= 15 is 4.39 Å². The first-order valence-electron chi connectivity index (χ1n) is 12.8. The van der Waals surface area contributed by atoms with Gasteiger partial charge in [-0.15, -0.1) is 0 Å². The summed E-state index contributed by atoms with van der Waals surface area (Å²) in [5.41, 5.74) is 2.53. The maximum Gasteiger partial charge on any atom is 0.177 e. The minimum Gasteiger partial charge on any atom is -0.492 e. The quantitative estimate of drug-likeness (QED) is 0.321. The molecule has 4 heterocycles. The van der Waals surface area contributed by atoms with Gasteiger partial charge in [-0.3, -0.25) is 4.68 Å². The highest BCUT2D eigenvalue weighted by Crippen LogP contribution is 2.41. The van der Waals surface area contributed by atoms with Crippen LogP contribution in [0.25, 0.3) is 11.1 Å². The average molecular weight is 570 g/mol. The Labute approximate surface area is 232 Å². The molecule has 0 saturated carbocycles. The second-order valence-electron chi connectivity index (χ2n) is 9.82. The lowest BCUT2D eigenvalue weighted by Crippen LogP contribution is -2.20. The summed E-state index contributed by atoms with van der Waals surface area (Å²) in [6, 6.07) is 7.48. The van der Waals surface area contributed by atoms with Crippen LogP contribution in [0, 0.1) is 12.7 Å². The third kappa shape index (κ3) is 5.52. The smallest absolute Gasteiger partial charge is 0.177 e. The normalized spacial score (nSPS) is 15.7. The molecular formula is C27H32FN7O4S. The Morgan fingerprint density at radius 3 is 2.65 bits per heavy atom. The third-order valence-electron chi connectivity index (χ3n) is 6.83. The van der Waals surface area contributed by atoms with Gasteiger partial charge in [-0.1, -0.05) is 0 Å². The molecule has 1 aromatic carbocycles. The maximum atomic E-state index is 15.1. The van der Waals surface area contributed by atoms with Crippen LogP contribution in [-0.2, 0) is 21.6 Å². The van der Waals surface area contributed by atoms with Gasteiger partial charge >= 0.3 is 0 Å². The molecule has 0 bridgehead atoms. The van der Waals surface area contributed by atoms with Gasteiger partial charge in [-0.2, -0.15) is 10.2 Å². The van der Waals surface area contributed by atoms with Crippen LogP contribution >= 0.6 is 0 Å². The summed E-state index contributed by atoms with van der Waals surface area (Å²) in [4.78, 5) is 6.22. The minimum atomic E-state index is -3.56. The molecule has 0 amide bonds. The number of pyridine rings is 1. The van der Waals surface area contributed by atoms with E-state index in [0.717, 1.165) is 42.8 Å². The molecule has 13 heteroatoms. The predicted octanol–water partition coefficient (Wildman–Crippen LogP) is 4.75. The van der Waals surface area contributed by atoms with E-state index < -0.39 is 15.7 Å². The lowest BCUT2D eigenvalue weighted by molar-refractivity contribution is -0.0404. The second kappa shape index (κ2) is 10.9. The van der Waals surface area contributed by atoms with Crippen LogP contribution < -0.4 is 15.0 Å². The molecule has 1 N–H and O–H groups in total. The number of ether oxygens (including phenoxy) is 2. The number of benzene rings is 1. The molecule has 3 aromatic heterocycles. The van der Waals surface area contributed by atoms with Crippen molar-refractivity contribution in [2.45, 2.75) is 37.3 Å². The van der Waals surface area contributed by atoms with Crippen LogP contribution in [0.4, 0.5) is 27.5 Å². The standard InChI is InChI=1S/C27H32FN7O4S/c1-17-12-23(32-35(17)25-8-6-7-11-39-25)30-27-26(38-4)20(18-15-29-33(2)16-18)14-24(31-27)34(3)22-10-9-19(13-21(22)28)40(5,36)37/h9-10,12-16,25H,6-8,11H2,1-5H3,(H,30,31,32). The van der Waals surface area contributed by atoms with Crippen LogP contribution in [0.5, 0.6) is 5.75 Å². The maximum absolute atomic E-state index is 15.1. The van der Waals surface area contributed by atoms with Crippen molar-refractivity contribution < 1.29 is 22.3 Å². The number of sulfone groups is 1. The van der Waals surface area contributed by atoms with E-state index in [1.54, 1.807) is 36.0 Å². The molecule has 1 unspecified atom stereocenters. The summed E-state index contributed by atoms with van der Waals surface area (Å²) in [7, 11) is 1.46. The first kappa shape index (κ1) is 27.6. The lowest BCUT2D eigenvalue weighted by atomic mass is 10.1. The number of aryl methyl sites for hydroxylation is 2. The van der Waals surface area contributed by atoms with Crippen molar-refractivity contribution in [3.05, 3.63) is 54.2 Å². The number of hydrogen-bond acceptors (Lipinski definition) is 9. The van der Waals surface area contributed by atoms with E-state index in [4.69, 9.17) is 19.6 Å². The average Bonchev–Trinajstić information content (AvgIpc) is 3.52. The third-order valence-corrected chi connectivity index (χ3v) is 7.94. The van der Waals surface area contributed by atoms with E-state index in [9.17, 15) is 8.42 Å². The van der Waals surface area contributed by atoms with E-state index in [-0.39, 0.29) is 16.8 Å². The highest BCUT2D eigenvalue weighted by Gasteiger charge is 2.23. The fourth-order valence-electron chi connectivity index (χ4n) is 4.75. The van der Waals surface area contributed by atoms with Gasteiger partial charge in [-0.25, -0.2) is 22.5 Å². The number of methoxy groups -OCH3 is 1. The number of nitrogens with one attached hydrogen (secondary N) is 1. The van der Waals surface area contributed by atoms with Gasteiger partial charge < -0.3 is 19.7 Å². The highest BCUT2D eigenvalue weighted by atomic mass is 32.2. The summed E-state index contributed by atoms with van der Waals surface area (Å²) in [6.07, 6.45) is 7.46. The predicted molar refractivity (Wildman–Crippen MR) is 150 cm³/mol. The molecule has 11 nitrogen and oxygen atoms in total. The SMILES string of the molecule is COc1c(-c2cnn(C)c2)cc(N(C)c2ccc(S(C)(=O)=O)cc2F)nc1Nc1cc(C)n(C2CCCCO2)n1. The zero-order chi connectivity index (χ0) is 28.6. The molecule has 1 aliphatic rings. The first-order valence-corrected chi connectivity index (χ1v) is 14.7. The monoisotopic (exact) mass is 569 g/mol. The molecule has 0 spiro atoms. The Hall–Kier alpha value is -3.97. The number of rotatable bonds is 8. The van der Waals surface area contributed by atoms with Gasteiger partial charge in [-0.05, 0) is 50.5 Å². The Bertz CT molecular complexity index is 1640. The van der Waals surface area contributed by atoms with Gasteiger partial charge in [0.2, 0.25) is 0 Å². The summed E-state index contributed by atoms with van der Waals surface area (Å²) >= 11 is 0. The van der Waals surface area contributed by atoms with Crippen LogP contribution in [0.15, 0.2) is 47.6 Å². The summed E-state index contributed by atoms with van der Waals surface area (Å²) < 4.78 is 54.2. The van der Waals surface area contributed by atoms with Gasteiger partial charge in [0.1, 0.15) is 11.6 Å². The summed E-state index contributed by atoms with van der Waals surface area (Å²) in [5.74, 6) is 1.08. The topological polar surface area (TPSA) is 116 Å². The van der Waals surface area contributed by atoms with Gasteiger partial charge in [0.25, 0.3) is 0 Å². The Kier molecular flexibility index (Phi) is 7.51. The number of nitrogens with zero attached hydrogens (tertiary/aromatic N) is 6. The Balaban J connectivity index is 1.58. The van der Waals surface area contributed by atoms with Gasteiger partial charge in [0, 0.05) is 56.0 Å². The largest absolute Gasteiger partial charge is 0.492 e. The molecule has 1 saturated heterocycles. The molecule has 0 radical (unpaired) electrons. The molecule has 4 aromatic rings. The van der Waals surface area contributed by atoms with Gasteiger partial charge in [0.05, 0.1) is 23.9 Å². The highest BCUT2D eigenvalue weighted by molar-refractivity contribution is 7.90. The van der Waals surface area contributed by atoms with Crippen LogP contribution in [0.2, 0.25) is 0 Å². The molecule has 0 aliphatic carbocycles. The van der Waals surface area contributed by atoms with E-state index in [2.05, 4.69) is 10.4 Å². The molecule has 5 rings (SSSR count). The molecule has 40 heavy (non-hydrogen) atoms. The van der Waals surface area contributed by atoms with E-state index in [1.807, 2.05) is 30.9 Å². The molecular weight excluding hydrogens is 537 g/mol. The number of aromatic nitrogens is 5. The van der Waals surface area contributed by atoms with Crippen LogP contribution in [0.3, 0.4) is 0 Å². The zero-order valence-electron chi connectivity index (χ0n) is 23.0. The molecule has 212 valence electrons.